The second-order valence-corrected chi connectivity index (χ2v) is 5.01. The van der Waals surface area contributed by atoms with Crippen LogP contribution in [0.5, 0.6) is 0 Å². The highest BCUT2D eigenvalue weighted by molar-refractivity contribution is 6.32. The maximum Gasteiger partial charge on any atom is 0.311 e. The molecule has 18 heavy (non-hydrogen) atoms. The van der Waals surface area contributed by atoms with Crippen LogP contribution in [0.4, 0.5) is 5.69 Å². The van der Waals surface area contributed by atoms with Crippen molar-refractivity contribution >= 4 is 23.3 Å². The molecule has 1 aliphatic carbocycles. The van der Waals surface area contributed by atoms with Crippen LogP contribution < -0.4 is 5.32 Å². The Morgan fingerprint density at radius 3 is 2.72 bits per heavy atom. The Balaban J connectivity index is 2.05. The van der Waals surface area contributed by atoms with Gasteiger partial charge >= 0.3 is 5.97 Å². The third-order valence-electron chi connectivity index (χ3n) is 3.48. The molecule has 0 atom stereocenters. The van der Waals surface area contributed by atoms with E-state index in [0.29, 0.717) is 30.0 Å². The van der Waals surface area contributed by atoms with Gasteiger partial charge < -0.3 is 10.4 Å². The van der Waals surface area contributed by atoms with Crippen molar-refractivity contribution in [3.8, 4) is 6.07 Å². The van der Waals surface area contributed by atoms with Crippen molar-refractivity contribution < 1.29 is 9.90 Å². The lowest BCUT2D eigenvalue weighted by Crippen LogP contribution is -2.43. The molecule has 0 aliphatic heterocycles. The molecule has 1 aromatic rings. The molecule has 0 amide bonds. The molecule has 0 bridgehead atoms. The van der Waals surface area contributed by atoms with Gasteiger partial charge in [-0.3, -0.25) is 4.79 Å². The maximum atomic E-state index is 11.2. The van der Waals surface area contributed by atoms with Gasteiger partial charge in [0, 0.05) is 12.2 Å². The lowest BCUT2D eigenvalue weighted by molar-refractivity contribution is -0.153. The fourth-order valence-corrected chi connectivity index (χ4v) is 2.28. The summed E-state index contributed by atoms with van der Waals surface area (Å²) in [5.41, 5.74) is 0.519. The number of hydrogen-bond acceptors (Lipinski definition) is 3. The highest BCUT2D eigenvalue weighted by Crippen LogP contribution is 2.41. The average molecular weight is 265 g/mol. The quantitative estimate of drug-likeness (QED) is 0.877. The molecule has 1 fully saturated rings. The molecule has 0 radical (unpaired) electrons. The molecule has 0 unspecified atom stereocenters. The second kappa shape index (κ2) is 4.87. The van der Waals surface area contributed by atoms with Crippen molar-refractivity contribution in [2.45, 2.75) is 19.3 Å². The minimum absolute atomic E-state index is 0.375. The molecule has 5 heteroatoms. The van der Waals surface area contributed by atoms with Gasteiger partial charge in [-0.05, 0) is 31.0 Å². The standard InChI is InChI=1S/C13H13ClN2O2/c14-11-6-10(3-2-9(11)7-15)16-8-13(12(17)18)4-1-5-13/h2-3,6,16H,1,4-5,8H2,(H,17,18). The molecule has 1 saturated carbocycles. The first kappa shape index (κ1) is 12.7. The summed E-state index contributed by atoms with van der Waals surface area (Å²) in [6, 6.07) is 6.99. The summed E-state index contributed by atoms with van der Waals surface area (Å²) in [6.45, 7) is 0.393. The fraction of sp³-hybridized carbons (Fsp3) is 0.385. The number of carbonyl (C=O) groups is 1. The third-order valence-corrected chi connectivity index (χ3v) is 3.80. The summed E-state index contributed by atoms with van der Waals surface area (Å²) in [6.07, 6.45) is 2.38. The first-order valence-electron chi connectivity index (χ1n) is 5.74. The molecular formula is C13H13ClN2O2. The van der Waals surface area contributed by atoms with Gasteiger partial charge in [-0.1, -0.05) is 18.0 Å². The minimum atomic E-state index is -0.749. The number of benzene rings is 1. The SMILES string of the molecule is N#Cc1ccc(NCC2(C(=O)O)CCC2)cc1Cl. The molecular weight excluding hydrogens is 252 g/mol. The van der Waals surface area contributed by atoms with Crippen molar-refractivity contribution in [1.82, 2.24) is 0 Å². The van der Waals surface area contributed by atoms with E-state index in [1.54, 1.807) is 18.2 Å². The Hall–Kier alpha value is -1.73. The lowest BCUT2D eigenvalue weighted by Gasteiger charge is -2.37. The van der Waals surface area contributed by atoms with Crippen LogP contribution in [0.1, 0.15) is 24.8 Å². The van der Waals surface area contributed by atoms with Gasteiger partial charge in [-0.2, -0.15) is 5.26 Å². The topological polar surface area (TPSA) is 73.1 Å². The molecule has 4 nitrogen and oxygen atoms in total. The van der Waals surface area contributed by atoms with Gasteiger partial charge in [0.1, 0.15) is 6.07 Å². The van der Waals surface area contributed by atoms with Crippen molar-refractivity contribution in [3.05, 3.63) is 28.8 Å². The van der Waals surface area contributed by atoms with Crippen LogP contribution in [0.3, 0.4) is 0 Å². The van der Waals surface area contributed by atoms with Gasteiger partial charge in [0.15, 0.2) is 0 Å². The Bertz CT molecular complexity index is 518. The van der Waals surface area contributed by atoms with E-state index in [9.17, 15) is 9.90 Å². The lowest BCUT2D eigenvalue weighted by atomic mass is 9.69. The zero-order valence-electron chi connectivity index (χ0n) is 9.74. The van der Waals surface area contributed by atoms with Gasteiger partial charge in [0.2, 0.25) is 0 Å². The Morgan fingerprint density at radius 1 is 1.56 bits per heavy atom. The average Bonchev–Trinajstić information content (AvgIpc) is 2.27. The number of nitrogens with one attached hydrogen (secondary N) is 1. The number of halogens is 1. The summed E-state index contributed by atoms with van der Waals surface area (Å²) < 4.78 is 0. The van der Waals surface area contributed by atoms with Gasteiger partial charge in [-0.25, -0.2) is 0 Å². The first-order valence-corrected chi connectivity index (χ1v) is 6.12. The highest BCUT2D eigenvalue weighted by atomic mass is 35.5. The number of carboxylic acid groups (broad SMARTS) is 1. The molecule has 2 rings (SSSR count). The predicted molar refractivity (Wildman–Crippen MR) is 68.6 cm³/mol. The van der Waals surface area contributed by atoms with E-state index >= 15 is 0 Å². The number of rotatable bonds is 4. The maximum absolute atomic E-state index is 11.2. The number of nitrogens with zero attached hydrogens (tertiary/aromatic N) is 1. The molecule has 1 aliphatic rings. The van der Waals surface area contributed by atoms with E-state index < -0.39 is 11.4 Å². The van der Waals surface area contributed by atoms with Gasteiger partial charge in [0.05, 0.1) is 16.0 Å². The normalized spacial score (nSPS) is 16.4. The van der Waals surface area contributed by atoms with Crippen LogP contribution in [-0.2, 0) is 4.79 Å². The summed E-state index contributed by atoms with van der Waals surface area (Å²) in [5.74, 6) is -0.749. The Morgan fingerprint density at radius 2 is 2.28 bits per heavy atom. The smallest absolute Gasteiger partial charge is 0.311 e. The highest BCUT2D eigenvalue weighted by Gasteiger charge is 2.44. The number of hydrogen-bond donors (Lipinski definition) is 2. The molecule has 1 aromatic carbocycles. The second-order valence-electron chi connectivity index (χ2n) is 4.60. The monoisotopic (exact) mass is 264 g/mol. The largest absolute Gasteiger partial charge is 0.481 e. The van der Waals surface area contributed by atoms with Crippen molar-refractivity contribution in [2.75, 3.05) is 11.9 Å². The molecule has 94 valence electrons. The van der Waals surface area contributed by atoms with Crippen LogP contribution >= 0.6 is 11.6 Å². The van der Waals surface area contributed by atoms with E-state index in [-0.39, 0.29) is 0 Å². The van der Waals surface area contributed by atoms with Crippen molar-refractivity contribution in [1.29, 1.82) is 5.26 Å². The van der Waals surface area contributed by atoms with Crippen molar-refractivity contribution in [3.63, 3.8) is 0 Å². The first-order chi connectivity index (χ1) is 8.57. The molecule has 0 spiro atoms. The zero-order valence-corrected chi connectivity index (χ0v) is 10.5. The Labute approximate surface area is 110 Å². The van der Waals surface area contributed by atoms with Gasteiger partial charge in [0.25, 0.3) is 0 Å². The number of aliphatic carboxylic acids is 1. The van der Waals surface area contributed by atoms with E-state index in [1.807, 2.05) is 6.07 Å². The van der Waals surface area contributed by atoms with E-state index in [2.05, 4.69) is 5.32 Å². The van der Waals surface area contributed by atoms with Crippen LogP contribution in [0.2, 0.25) is 5.02 Å². The number of carboxylic acids is 1. The molecule has 0 saturated heterocycles. The van der Waals surface area contributed by atoms with E-state index in [1.165, 1.54) is 0 Å². The predicted octanol–water partition coefficient (Wildman–Crippen LogP) is 2.88. The van der Waals surface area contributed by atoms with Crippen molar-refractivity contribution in [2.24, 2.45) is 5.41 Å². The van der Waals surface area contributed by atoms with E-state index in [4.69, 9.17) is 16.9 Å². The molecule has 2 N–H and O–H groups in total. The van der Waals surface area contributed by atoms with Crippen LogP contribution in [0.15, 0.2) is 18.2 Å². The van der Waals surface area contributed by atoms with Crippen LogP contribution in [0, 0.1) is 16.7 Å². The summed E-state index contributed by atoms with van der Waals surface area (Å²) in [4.78, 5) is 11.2. The van der Waals surface area contributed by atoms with Crippen LogP contribution in [0.25, 0.3) is 0 Å². The van der Waals surface area contributed by atoms with E-state index in [0.717, 1.165) is 12.1 Å². The fourth-order valence-electron chi connectivity index (χ4n) is 2.06. The number of nitriles is 1. The summed E-state index contributed by atoms with van der Waals surface area (Å²) >= 11 is 5.91. The number of anilines is 1. The van der Waals surface area contributed by atoms with Crippen LogP contribution in [-0.4, -0.2) is 17.6 Å². The third kappa shape index (κ3) is 2.27. The summed E-state index contributed by atoms with van der Waals surface area (Å²) in [7, 11) is 0. The molecule has 0 aromatic heterocycles. The van der Waals surface area contributed by atoms with Gasteiger partial charge in [-0.15, -0.1) is 0 Å². The molecule has 0 heterocycles. The minimum Gasteiger partial charge on any atom is -0.481 e. The zero-order chi connectivity index (χ0) is 13.2. The Kier molecular flexibility index (Phi) is 3.44. The summed E-state index contributed by atoms with van der Waals surface area (Å²) in [5, 5.41) is 21.4.